The predicted molar refractivity (Wildman–Crippen MR) is 61.1 cm³/mol. The molecule has 4 atom stereocenters. The van der Waals surface area contributed by atoms with Gasteiger partial charge in [0, 0.05) is 0 Å². The fraction of sp³-hybridized carbons (Fsp3) is 0.923. The van der Waals surface area contributed by atoms with E-state index in [1.54, 1.807) is 0 Å². The second kappa shape index (κ2) is 4.14. The van der Waals surface area contributed by atoms with Crippen LogP contribution in [0.1, 0.15) is 53.4 Å². The molecule has 0 aromatic rings. The molecule has 2 nitrogen and oxygen atoms in total. The molecule has 0 heterocycles. The lowest BCUT2D eigenvalue weighted by molar-refractivity contribution is -0.130. The lowest BCUT2D eigenvalue weighted by Crippen LogP contribution is -2.54. The summed E-state index contributed by atoms with van der Waals surface area (Å²) >= 11 is 0. The summed E-state index contributed by atoms with van der Waals surface area (Å²) < 4.78 is 0. The van der Waals surface area contributed by atoms with Gasteiger partial charge in [-0.3, -0.25) is 0 Å². The van der Waals surface area contributed by atoms with Crippen LogP contribution in [-0.4, -0.2) is 10.7 Å². The van der Waals surface area contributed by atoms with E-state index in [0.29, 0.717) is 5.92 Å². The Morgan fingerprint density at radius 1 is 1.53 bits per heavy atom. The third-order valence-corrected chi connectivity index (χ3v) is 4.73. The van der Waals surface area contributed by atoms with E-state index in [2.05, 4.69) is 19.9 Å². The summed E-state index contributed by atoms with van der Waals surface area (Å²) in [6, 6.07) is 2.34. The van der Waals surface area contributed by atoms with Crippen molar-refractivity contribution in [2.24, 2.45) is 17.3 Å². The first kappa shape index (κ1) is 12.5. The van der Waals surface area contributed by atoms with Crippen LogP contribution in [0.5, 0.6) is 0 Å². The summed E-state index contributed by atoms with van der Waals surface area (Å²) in [4.78, 5) is 0. The molecule has 1 aliphatic rings. The first-order chi connectivity index (χ1) is 6.91. The van der Waals surface area contributed by atoms with E-state index >= 15 is 0 Å². The van der Waals surface area contributed by atoms with Gasteiger partial charge in [-0.15, -0.1) is 0 Å². The van der Waals surface area contributed by atoms with Crippen LogP contribution in [0.2, 0.25) is 0 Å². The van der Waals surface area contributed by atoms with E-state index in [1.165, 1.54) is 6.42 Å². The van der Waals surface area contributed by atoms with Crippen molar-refractivity contribution in [1.82, 2.24) is 0 Å². The second-order valence-corrected chi connectivity index (χ2v) is 5.38. The lowest BCUT2D eigenvalue weighted by atomic mass is 9.58. The molecule has 1 saturated carbocycles. The van der Waals surface area contributed by atoms with Gasteiger partial charge in [0.15, 0.2) is 0 Å². The van der Waals surface area contributed by atoms with Crippen LogP contribution in [0.25, 0.3) is 0 Å². The smallest absolute Gasteiger partial charge is 0.0858 e. The van der Waals surface area contributed by atoms with Gasteiger partial charge >= 0.3 is 0 Å². The maximum atomic E-state index is 10.8. The summed E-state index contributed by atoms with van der Waals surface area (Å²) in [6.07, 6.45) is 3.71. The van der Waals surface area contributed by atoms with Gasteiger partial charge in [-0.25, -0.2) is 0 Å². The van der Waals surface area contributed by atoms with Gasteiger partial charge in [-0.2, -0.15) is 5.26 Å². The largest absolute Gasteiger partial charge is 0.388 e. The molecule has 86 valence electrons. The topological polar surface area (TPSA) is 44.0 Å². The van der Waals surface area contributed by atoms with Crippen molar-refractivity contribution in [2.45, 2.75) is 59.0 Å². The standard InChI is InChI=1S/C13H23NO/c1-5-12(4,9-14)13(15)8-6-7-10(2)11(13)3/h10-11,15H,5-8H2,1-4H3. The van der Waals surface area contributed by atoms with Crippen LogP contribution in [0.4, 0.5) is 0 Å². The second-order valence-electron chi connectivity index (χ2n) is 5.38. The Morgan fingerprint density at radius 2 is 2.13 bits per heavy atom. The van der Waals surface area contributed by atoms with Gasteiger partial charge in [0.25, 0.3) is 0 Å². The summed E-state index contributed by atoms with van der Waals surface area (Å²) in [5, 5.41) is 20.1. The highest BCUT2D eigenvalue weighted by Gasteiger charge is 2.52. The molecule has 0 amide bonds. The van der Waals surface area contributed by atoms with Gasteiger partial charge in [0.1, 0.15) is 0 Å². The van der Waals surface area contributed by atoms with Crippen LogP contribution < -0.4 is 0 Å². The van der Waals surface area contributed by atoms with Crippen LogP contribution >= 0.6 is 0 Å². The van der Waals surface area contributed by atoms with E-state index < -0.39 is 11.0 Å². The maximum Gasteiger partial charge on any atom is 0.0858 e. The molecular formula is C13H23NO. The Labute approximate surface area is 93.3 Å². The van der Waals surface area contributed by atoms with Crippen molar-refractivity contribution in [3.05, 3.63) is 0 Å². The summed E-state index contributed by atoms with van der Waals surface area (Å²) in [6.45, 7) is 8.17. The number of hydrogen-bond donors (Lipinski definition) is 1. The molecule has 1 N–H and O–H groups in total. The highest BCUT2D eigenvalue weighted by Crippen LogP contribution is 2.49. The monoisotopic (exact) mass is 209 g/mol. The quantitative estimate of drug-likeness (QED) is 0.759. The molecule has 0 saturated heterocycles. The molecule has 2 heteroatoms. The summed E-state index contributed by atoms with van der Waals surface area (Å²) in [7, 11) is 0. The Morgan fingerprint density at radius 3 is 2.60 bits per heavy atom. The Kier molecular flexibility index (Phi) is 3.45. The fourth-order valence-electron chi connectivity index (χ4n) is 2.90. The van der Waals surface area contributed by atoms with Crippen molar-refractivity contribution in [2.75, 3.05) is 0 Å². The molecule has 0 bridgehead atoms. The van der Waals surface area contributed by atoms with Crippen LogP contribution in [0.3, 0.4) is 0 Å². The van der Waals surface area contributed by atoms with Gasteiger partial charge in [0.2, 0.25) is 0 Å². The third-order valence-electron chi connectivity index (χ3n) is 4.73. The highest BCUT2D eigenvalue weighted by atomic mass is 16.3. The molecule has 15 heavy (non-hydrogen) atoms. The molecule has 0 aliphatic heterocycles. The number of rotatable bonds is 2. The van der Waals surface area contributed by atoms with Crippen molar-refractivity contribution in [1.29, 1.82) is 5.26 Å². The van der Waals surface area contributed by atoms with E-state index in [-0.39, 0.29) is 5.92 Å². The normalized spacial score (nSPS) is 40.5. The van der Waals surface area contributed by atoms with Crippen molar-refractivity contribution >= 4 is 0 Å². The molecule has 0 aromatic carbocycles. The number of nitriles is 1. The van der Waals surface area contributed by atoms with Crippen molar-refractivity contribution in [3.63, 3.8) is 0 Å². The molecular weight excluding hydrogens is 186 g/mol. The number of aliphatic hydroxyl groups is 1. The van der Waals surface area contributed by atoms with E-state index in [9.17, 15) is 10.4 Å². The molecule has 1 fully saturated rings. The summed E-state index contributed by atoms with van der Waals surface area (Å²) in [5.41, 5.74) is -1.39. The number of nitrogens with zero attached hydrogens (tertiary/aromatic N) is 1. The predicted octanol–water partition coefficient (Wildman–Crippen LogP) is 3.11. The van der Waals surface area contributed by atoms with Gasteiger partial charge in [-0.1, -0.05) is 33.6 Å². The number of hydrogen-bond acceptors (Lipinski definition) is 2. The third kappa shape index (κ3) is 1.78. The van der Waals surface area contributed by atoms with Crippen molar-refractivity contribution in [3.8, 4) is 6.07 Å². The van der Waals surface area contributed by atoms with Crippen LogP contribution in [-0.2, 0) is 0 Å². The highest BCUT2D eigenvalue weighted by molar-refractivity contribution is 5.12. The van der Waals surface area contributed by atoms with Gasteiger partial charge in [-0.05, 0) is 31.6 Å². The molecule has 1 rings (SSSR count). The minimum atomic E-state index is -0.797. The van der Waals surface area contributed by atoms with Gasteiger partial charge in [0.05, 0.1) is 17.1 Å². The lowest BCUT2D eigenvalue weighted by Gasteiger charge is -2.49. The van der Waals surface area contributed by atoms with Crippen molar-refractivity contribution < 1.29 is 5.11 Å². The molecule has 0 aromatic heterocycles. The minimum absolute atomic E-state index is 0.218. The minimum Gasteiger partial charge on any atom is -0.388 e. The fourth-order valence-corrected chi connectivity index (χ4v) is 2.90. The Balaban J connectivity index is 3.03. The van der Waals surface area contributed by atoms with Crippen LogP contribution in [0.15, 0.2) is 0 Å². The van der Waals surface area contributed by atoms with E-state index in [1.807, 2.05) is 13.8 Å². The zero-order valence-electron chi connectivity index (χ0n) is 10.4. The van der Waals surface area contributed by atoms with Crippen LogP contribution in [0, 0.1) is 28.6 Å². The zero-order valence-corrected chi connectivity index (χ0v) is 10.4. The maximum absolute atomic E-state index is 10.8. The molecule has 1 aliphatic carbocycles. The Bertz CT molecular complexity index is 270. The Hall–Kier alpha value is -0.550. The average Bonchev–Trinajstić information content (AvgIpc) is 2.24. The first-order valence-electron chi connectivity index (χ1n) is 6.05. The first-order valence-corrected chi connectivity index (χ1v) is 6.05. The molecule has 0 radical (unpaired) electrons. The summed E-state index contributed by atoms with van der Waals surface area (Å²) in [5.74, 6) is 0.735. The zero-order chi connectivity index (χ0) is 11.7. The van der Waals surface area contributed by atoms with E-state index in [0.717, 1.165) is 19.3 Å². The average molecular weight is 209 g/mol. The molecule has 0 spiro atoms. The SMILES string of the molecule is CCC(C)(C#N)C1(O)CCCC(C)C1C. The van der Waals surface area contributed by atoms with E-state index in [4.69, 9.17) is 0 Å². The molecule has 4 unspecified atom stereocenters. The van der Waals surface area contributed by atoms with Gasteiger partial charge < -0.3 is 5.11 Å².